The van der Waals surface area contributed by atoms with Crippen LogP contribution in [0.15, 0.2) is 28.7 Å². The largest absolute Gasteiger partial charge is 0.463 e. The highest BCUT2D eigenvalue weighted by atomic mass is 32.1. The summed E-state index contributed by atoms with van der Waals surface area (Å²) in [7, 11) is -4.37. The molecule has 1 rings (SSSR count). The molecule has 0 radical (unpaired) electrons. The molecule has 0 saturated heterocycles. The van der Waals surface area contributed by atoms with E-state index in [4.69, 9.17) is 4.74 Å². The molecule has 0 amide bonds. The highest BCUT2D eigenvalue weighted by Gasteiger charge is 2.34. The third-order valence-corrected chi connectivity index (χ3v) is 5.63. The number of rotatable bonds is 8. The van der Waals surface area contributed by atoms with Crippen LogP contribution in [0.4, 0.5) is 0 Å². The second-order valence-electron chi connectivity index (χ2n) is 4.82. The first kappa shape index (κ1) is 19.1. The van der Waals surface area contributed by atoms with Gasteiger partial charge in [-0.15, -0.1) is 11.3 Å². The predicted molar refractivity (Wildman–Crippen MR) is 88.1 cm³/mol. The lowest BCUT2D eigenvalue weighted by molar-refractivity contribution is -0.138. The summed E-state index contributed by atoms with van der Waals surface area (Å²) in [6.07, 6.45) is 1.03. The summed E-state index contributed by atoms with van der Waals surface area (Å²) >= 11 is 1.45. The first-order valence-electron chi connectivity index (χ1n) is 7.31. The second-order valence-corrected chi connectivity index (χ2v) is 7.65. The third kappa shape index (κ3) is 5.06. The van der Waals surface area contributed by atoms with Gasteiger partial charge < -0.3 is 14.5 Å². The average Bonchev–Trinajstić information content (AvgIpc) is 2.94. The van der Waals surface area contributed by atoms with Crippen LogP contribution in [0, 0.1) is 0 Å². The Morgan fingerprint density at radius 2 is 2.00 bits per heavy atom. The normalized spacial score (nSPS) is 14.4. The third-order valence-electron chi connectivity index (χ3n) is 3.43. The van der Waals surface area contributed by atoms with Gasteiger partial charge in [-0.2, -0.15) is 0 Å². The van der Waals surface area contributed by atoms with Crippen LogP contribution in [-0.2, 0) is 20.5 Å². The SMILES string of the molecule is CCOC(=O)C(CC)=C(CC)C(Cc1cccs1)P(=O)(O)O. The Morgan fingerprint density at radius 3 is 2.41 bits per heavy atom. The van der Waals surface area contributed by atoms with Crippen LogP contribution in [0.1, 0.15) is 38.5 Å². The van der Waals surface area contributed by atoms with Crippen molar-refractivity contribution in [1.82, 2.24) is 0 Å². The predicted octanol–water partition coefficient (Wildman–Crippen LogP) is 3.52. The van der Waals surface area contributed by atoms with Gasteiger partial charge in [-0.05, 0) is 43.2 Å². The summed E-state index contributed by atoms with van der Waals surface area (Å²) < 4.78 is 17.0. The highest BCUT2D eigenvalue weighted by Crippen LogP contribution is 2.48. The molecule has 0 fully saturated rings. The molecule has 1 unspecified atom stereocenters. The van der Waals surface area contributed by atoms with Gasteiger partial charge >= 0.3 is 13.6 Å². The van der Waals surface area contributed by atoms with Crippen LogP contribution in [0.3, 0.4) is 0 Å². The standard InChI is InChI=1S/C15H23O5PS/c1-4-12(13(5-2)15(16)20-6-3)14(21(17,18)19)10-11-8-7-9-22-11/h7-9,14H,4-6,10H2,1-3H3,(H2,17,18,19). The number of hydrogen-bond donors (Lipinski definition) is 2. The van der Waals surface area contributed by atoms with E-state index in [1.54, 1.807) is 20.8 Å². The van der Waals surface area contributed by atoms with Gasteiger partial charge in [0.15, 0.2) is 0 Å². The molecule has 0 bridgehead atoms. The molecule has 0 aliphatic heterocycles. The maximum absolute atomic E-state index is 12.1. The number of allylic oxidation sites excluding steroid dienone is 1. The van der Waals surface area contributed by atoms with Gasteiger partial charge in [-0.25, -0.2) is 4.79 Å². The summed E-state index contributed by atoms with van der Waals surface area (Å²) in [5, 5.41) is 1.87. The minimum Gasteiger partial charge on any atom is -0.463 e. The molecule has 1 atom stereocenters. The number of carbonyl (C=O) groups is 1. The van der Waals surface area contributed by atoms with E-state index in [1.807, 2.05) is 17.5 Å². The van der Waals surface area contributed by atoms with Gasteiger partial charge in [0.2, 0.25) is 0 Å². The van der Waals surface area contributed by atoms with Gasteiger partial charge in [0.1, 0.15) is 0 Å². The summed E-state index contributed by atoms with van der Waals surface area (Å²) in [6.45, 7) is 5.55. The average molecular weight is 346 g/mol. The van der Waals surface area contributed by atoms with Crippen molar-refractivity contribution in [3.8, 4) is 0 Å². The quantitative estimate of drug-likeness (QED) is 0.427. The van der Waals surface area contributed by atoms with Crippen molar-refractivity contribution in [2.24, 2.45) is 0 Å². The van der Waals surface area contributed by atoms with Gasteiger partial charge in [0.25, 0.3) is 0 Å². The maximum Gasteiger partial charge on any atom is 0.333 e. The van der Waals surface area contributed by atoms with E-state index in [0.717, 1.165) is 4.88 Å². The van der Waals surface area contributed by atoms with Crippen LogP contribution in [0.2, 0.25) is 0 Å². The second kappa shape index (κ2) is 8.63. The fraction of sp³-hybridized carbons (Fsp3) is 0.533. The van der Waals surface area contributed by atoms with E-state index >= 15 is 0 Å². The monoisotopic (exact) mass is 346 g/mol. The van der Waals surface area contributed by atoms with Gasteiger partial charge in [0.05, 0.1) is 12.3 Å². The van der Waals surface area contributed by atoms with E-state index in [9.17, 15) is 19.1 Å². The lowest BCUT2D eigenvalue weighted by atomic mass is 9.98. The number of thiophene rings is 1. The number of ether oxygens (including phenoxy) is 1. The van der Waals surface area contributed by atoms with Crippen molar-refractivity contribution >= 4 is 24.9 Å². The fourth-order valence-electron chi connectivity index (χ4n) is 2.44. The van der Waals surface area contributed by atoms with Crippen molar-refractivity contribution in [3.05, 3.63) is 33.5 Å². The Balaban J connectivity index is 3.28. The summed E-state index contributed by atoms with van der Waals surface area (Å²) in [5.41, 5.74) is -0.0904. The van der Waals surface area contributed by atoms with Crippen LogP contribution < -0.4 is 0 Å². The molecule has 2 N–H and O–H groups in total. The molecule has 0 spiro atoms. The minimum absolute atomic E-state index is 0.230. The first-order chi connectivity index (χ1) is 10.3. The first-order valence-corrected chi connectivity index (χ1v) is 9.87. The van der Waals surface area contributed by atoms with Crippen LogP contribution in [-0.4, -0.2) is 28.0 Å². The zero-order valence-corrected chi connectivity index (χ0v) is 14.8. The molecule has 1 aromatic heterocycles. The number of carbonyl (C=O) groups excluding carboxylic acids is 1. The zero-order chi connectivity index (χ0) is 16.8. The molecule has 1 heterocycles. The maximum atomic E-state index is 12.1. The summed E-state index contributed by atoms with van der Waals surface area (Å²) in [4.78, 5) is 32.5. The zero-order valence-electron chi connectivity index (χ0n) is 13.1. The van der Waals surface area contributed by atoms with E-state index in [0.29, 0.717) is 24.0 Å². The highest BCUT2D eigenvalue weighted by molar-refractivity contribution is 7.52. The Kier molecular flexibility index (Phi) is 7.49. The number of esters is 1. The fourth-order valence-corrected chi connectivity index (χ4v) is 4.49. The van der Waals surface area contributed by atoms with Crippen LogP contribution in [0.25, 0.3) is 0 Å². The van der Waals surface area contributed by atoms with Crippen LogP contribution >= 0.6 is 18.9 Å². The van der Waals surface area contributed by atoms with Gasteiger partial charge in [-0.1, -0.05) is 19.9 Å². The molecule has 0 aromatic carbocycles. The van der Waals surface area contributed by atoms with Gasteiger partial charge in [0, 0.05) is 10.5 Å². The molecule has 1 aromatic rings. The Morgan fingerprint density at radius 1 is 1.32 bits per heavy atom. The van der Waals surface area contributed by atoms with Crippen molar-refractivity contribution in [1.29, 1.82) is 0 Å². The molecular weight excluding hydrogens is 323 g/mol. The van der Waals surface area contributed by atoms with Crippen molar-refractivity contribution in [2.45, 2.75) is 45.7 Å². The van der Waals surface area contributed by atoms with E-state index < -0.39 is 19.2 Å². The lowest BCUT2D eigenvalue weighted by Crippen LogP contribution is -2.20. The Labute approximate surface area is 135 Å². The Hall–Kier alpha value is -0.940. The molecule has 0 saturated carbocycles. The smallest absolute Gasteiger partial charge is 0.333 e. The van der Waals surface area contributed by atoms with E-state index in [2.05, 4.69) is 0 Å². The Bertz CT molecular complexity index is 558. The van der Waals surface area contributed by atoms with Crippen molar-refractivity contribution in [3.63, 3.8) is 0 Å². The summed E-state index contributed by atoms with van der Waals surface area (Å²) in [6, 6.07) is 3.69. The molecule has 0 aliphatic carbocycles. The molecule has 0 aliphatic rings. The molecule has 5 nitrogen and oxygen atoms in total. The molecular formula is C15H23O5PS. The number of hydrogen-bond acceptors (Lipinski definition) is 4. The molecule has 22 heavy (non-hydrogen) atoms. The molecule has 124 valence electrons. The van der Waals surface area contributed by atoms with Gasteiger partial charge in [-0.3, -0.25) is 4.57 Å². The van der Waals surface area contributed by atoms with E-state index in [-0.39, 0.29) is 13.0 Å². The van der Waals surface area contributed by atoms with Crippen molar-refractivity contribution < 1.29 is 23.9 Å². The van der Waals surface area contributed by atoms with Crippen molar-refractivity contribution in [2.75, 3.05) is 6.61 Å². The van der Waals surface area contributed by atoms with Crippen LogP contribution in [0.5, 0.6) is 0 Å². The molecule has 7 heteroatoms. The minimum atomic E-state index is -4.37. The van der Waals surface area contributed by atoms with E-state index in [1.165, 1.54) is 11.3 Å². The lowest BCUT2D eigenvalue weighted by Gasteiger charge is -2.23. The topological polar surface area (TPSA) is 83.8 Å². The summed E-state index contributed by atoms with van der Waals surface area (Å²) in [5.74, 6) is -0.480.